The van der Waals surface area contributed by atoms with Crippen molar-refractivity contribution >= 4 is 44.7 Å². The number of benzene rings is 6. The average molecular weight is 796 g/mol. The van der Waals surface area contributed by atoms with E-state index < -0.39 is 0 Å². The van der Waals surface area contributed by atoms with Crippen LogP contribution in [0.15, 0.2) is 176 Å². The quantitative estimate of drug-likeness (QED) is 0.161. The van der Waals surface area contributed by atoms with Gasteiger partial charge in [-0.1, -0.05) is 126 Å². The molecule has 9 aromatic rings. The van der Waals surface area contributed by atoms with E-state index in [0.717, 1.165) is 56.6 Å². The molecule has 1 aliphatic heterocycles. The number of rotatable bonds is 7. The molecule has 0 aliphatic carbocycles. The van der Waals surface area contributed by atoms with Crippen LogP contribution < -0.4 is 14.5 Å². The Morgan fingerprint density at radius 1 is 0.492 bits per heavy atom. The van der Waals surface area contributed by atoms with Gasteiger partial charge in [-0.15, -0.1) is 0 Å². The van der Waals surface area contributed by atoms with Crippen molar-refractivity contribution in [3.8, 4) is 39.6 Å². The van der Waals surface area contributed by atoms with Crippen LogP contribution in [0.1, 0.15) is 52.7 Å². The molecule has 0 N–H and O–H groups in total. The highest BCUT2D eigenvalue weighted by molar-refractivity contribution is 6.09. The largest absolute Gasteiger partial charge is 0.457 e. The van der Waals surface area contributed by atoms with Gasteiger partial charge in [-0.2, -0.15) is 0 Å². The summed E-state index contributed by atoms with van der Waals surface area (Å²) in [6.45, 7) is 14.1. The second kappa shape index (κ2) is 14.8. The van der Waals surface area contributed by atoms with Crippen LogP contribution >= 0.6 is 0 Å². The van der Waals surface area contributed by atoms with E-state index in [2.05, 4.69) is 208 Å². The van der Waals surface area contributed by atoms with Crippen molar-refractivity contribution in [3.63, 3.8) is 0 Å². The fourth-order valence-corrected chi connectivity index (χ4v) is 8.64. The summed E-state index contributed by atoms with van der Waals surface area (Å²) in [6.07, 6.45) is 3.81. The van der Waals surface area contributed by atoms with Crippen molar-refractivity contribution in [2.75, 3.05) is 16.5 Å². The maximum Gasteiger partial charge on any atom is 0.158 e. The van der Waals surface area contributed by atoms with E-state index in [0.29, 0.717) is 6.67 Å². The first kappa shape index (κ1) is 38.0. The van der Waals surface area contributed by atoms with Gasteiger partial charge in [0, 0.05) is 52.1 Å². The van der Waals surface area contributed by atoms with Crippen LogP contribution in [0.3, 0.4) is 0 Å². The molecule has 6 heteroatoms. The van der Waals surface area contributed by atoms with E-state index >= 15 is 0 Å². The number of anilines is 4. The van der Waals surface area contributed by atoms with E-state index in [4.69, 9.17) is 14.7 Å². The SMILES string of the molecule is CC(C)(C)c1ccnc(-n2c3ccccc3c3ccc(Oc4cccc(N5CN(c6c(-c7ccccc7)cc(C(C)(C)C)cc6-c6ccccc6)c6ncccc65)c4)cc32)c1. The second-order valence-electron chi connectivity index (χ2n) is 18.0. The van der Waals surface area contributed by atoms with Crippen LogP contribution in [0.5, 0.6) is 11.5 Å². The predicted octanol–water partition coefficient (Wildman–Crippen LogP) is 14.5. The Balaban J connectivity index is 1.05. The first-order valence-corrected chi connectivity index (χ1v) is 21.1. The molecule has 0 spiro atoms. The standard InChI is InChI=1S/C55H49N5O/c1-54(2,3)39-28-30-56-51(33-39)60-48-24-14-13-23-44(48)45-27-26-43(35-50(45)60)61-42-22-15-21-41(34-42)58-36-59(53-49(58)25-16-29-57-53)52-46(37-17-9-7-10-18-37)31-40(55(4,5)6)32-47(52)38-19-11-8-12-20-38/h7-35H,36H2,1-6H3. The fourth-order valence-electron chi connectivity index (χ4n) is 8.64. The molecule has 6 aromatic carbocycles. The molecule has 3 aromatic heterocycles. The number of nitrogens with zero attached hydrogens (tertiary/aromatic N) is 5. The smallest absolute Gasteiger partial charge is 0.158 e. The van der Waals surface area contributed by atoms with Gasteiger partial charge >= 0.3 is 0 Å². The Morgan fingerprint density at radius 2 is 1.15 bits per heavy atom. The first-order valence-electron chi connectivity index (χ1n) is 21.1. The zero-order valence-electron chi connectivity index (χ0n) is 35.6. The summed E-state index contributed by atoms with van der Waals surface area (Å²) < 4.78 is 9.02. The van der Waals surface area contributed by atoms with Gasteiger partial charge in [-0.3, -0.25) is 4.57 Å². The number of hydrogen-bond acceptors (Lipinski definition) is 5. The molecule has 0 radical (unpaired) electrons. The predicted molar refractivity (Wildman–Crippen MR) is 253 cm³/mol. The normalized spacial score (nSPS) is 13.0. The summed E-state index contributed by atoms with van der Waals surface area (Å²) in [5.74, 6) is 3.31. The summed E-state index contributed by atoms with van der Waals surface area (Å²) in [6, 6.07) is 58.1. The molecule has 0 amide bonds. The minimum atomic E-state index is -0.0610. The summed E-state index contributed by atoms with van der Waals surface area (Å²) in [4.78, 5) is 14.7. The highest BCUT2D eigenvalue weighted by atomic mass is 16.5. The molecular weight excluding hydrogens is 747 g/mol. The lowest BCUT2D eigenvalue weighted by Gasteiger charge is -2.29. The second-order valence-corrected chi connectivity index (χ2v) is 18.0. The van der Waals surface area contributed by atoms with Crippen molar-refractivity contribution in [3.05, 3.63) is 187 Å². The summed E-state index contributed by atoms with van der Waals surface area (Å²) in [5, 5.41) is 2.33. The Kier molecular flexibility index (Phi) is 9.25. The molecule has 4 heterocycles. The van der Waals surface area contributed by atoms with Gasteiger partial charge < -0.3 is 14.5 Å². The van der Waals surface area contributed by atoms with E-state index in [-0.39, 0.29) is 10.8 Å². The van der Waals surface area contributed by atoms with Crippen LogP contribution in [-0.4, -0.2) is 21.2 Å². The summed E-state index contributed by atoms with van der Waals surface area (Å²) >= 11 is 0. The monoisotopic (exact) mass is 795 g/mol. The number of ether oxygens (including phenoxy) is 1. The highest BCUT2D eigenvalue weighted by Crippen LogP contribution is 2.51. The molecule has 300 valence electrons. The third-order valence-corrected chi connectivity index (χ3v) is 11.9. The lowest BCUT2D eigenvalue weighted by atomic mass is 9.82. The Hall–Kier alpha value is -7.18. The van der Waals surface area contributed by atoms with Gasteiger partial charge in [-0.05, 0) is 99.8 Å². The van der Waals surface area contributed by atoms with Crippen LogP contribution in [0.4, 0.5) is 22.9 Å². The van der Waals surface area contributed by atoms with Crippen LogP contribution in [0.25, 0.3) is 49.9 Å². The average Bonchev–Trinajstić information content (AvgIpc) is 3.82. The zero-order chi connectivity index (χ0) is 41.9. The third kappa shape index (κ3) is 6.98. The molecule has 0 unspecified atom stereocenters. The van der Waals surface area contributed by atoms with Crippen molar-refractivity contribution in [1.29, 1.82) is 0 Å². The maximum absolute atomic E-state index is 6.76. The van der Waals surface area contributed by atoms with Crippen molar-refractivity contribution in [1.82, 2.24) is 14.5 Å². The zero-order valence-corrected chi connectivity index (χ0v) is 35.6. The van der Waals surface area contributed by atoms with Gasteiger partial charge in [0.05, 0.1) is 22.4 Å². The Bertz CT molecular complexity index is 3000. The minimum Gasteiger partial charge on any atom is -0.457 e. The number of fused-ring (bicyclic) bond motifs is 4. The molecule has 0 fully saturated rings. The van der Waals surface area contributed by atoms with Gasteiger partial charge in [0.15, 0.2) is 5.82 Å². The molecule has 0 bridgehead atoms. The lowest BCUT2D eigenvalue weighted by Crippen LogP contribution is -2.25. The van der Waals surface area contributed by atoms with Gasteiger partial charge in [-0.25, -0.2) is 9.97 Å². The molecule has 1 aliphatic rings. The number of aromatic nitrogens is 3. The summed E-state index contributed by atoms with van der Waals surface area (Å²) in [7, 11) is 0. The van der Waals surface area contributed by atoms with Crippen LogP contribution in [0.2, 0.25) is 0 Å². The van der Waals surface area contributed by atoms with Gasteiger partial charge in [0.1, 0.15) is 24.0 Å². The van der Waals surface area contributed by atoms with Crippen molar-refractivity contribution in [2.24, 2.45) is 0 Å². The van der Waals surface area contributed by atoms with E-state index in [1.54, 1.807) is 0 Å². The highest BCUT2D eigenvalue weighted by Gasteiger charge is 2.34. The minimum absolute atomic E-state index is 0.00998. The Morgan fingerprint density at radius 3 is 1.85 bits per heavy atom. The third-order valence-electron chi connectivity index (χ3n) is 11.9. The van der Waals surface area contributed by atoms with Crippen LogP contribution in [-0.2, 0) is 10.8 Å². The van der Waals surface area contributed by atoms with E-state index in [1.807, 2.05) is 24.5 Å². The van der Waals surface area contributed by atoms with Crippen molar-refractivity contribution in [2.45, 2.75) is 52.4 Å². The fraction of sp³-hybridized carbons (Fsp3) is 0.164. The van der Waals surface area contributed by atoms with Crippen LogP contribution in [0, 0.1) is 0 Å². The molecular formula is C55H49N5O. The lowest BCUT2D eigenvalue weighted by molar-refractivity contribution is 0.483. The van der Waals surface area contributed by atoms with Crippen molar-refractivity contribution < 1.29 is 4.74 Å². The topological polar surface area (TPSA) is 46.4 Å². The molecule has 6 nitrogen and oxygen atoms in total. The van der Waals surface area contributed by atoms with E-state index in [9.17, 15) is 0 Å². The number of para-hydroxylation sites is 1. The van der Waals surface area contributed by atoms with E-state index in [1.165, 1.54) is 38.8 Å². The summed E-state index contributed by atoms with van der Waals surface area (Å²) in [5.41, 5.74) is 12.5. The number of hydrogen-bond donors (Lipinski definition) is 0. The van der Waals surface area contributed by atoms with Gasteiger partial charge in [0.25, 0.3) is 0 Å². The number of pyridine rings is 2. The molecule has 10 rings (SSSR count). The molecule has 61 heavy (non-hydrogen) atoms. The molecule has 0 saturated carbocycles. The molecule has 0 atom stereocenters. The maximum atomic E-state index is 6.76. The Labute approximate surface area is 358 Å². The molecule has 0 saturated heterocycles. The first-order chi connectivity index (χ1) is 29.5. The van der Waals surface area contributed by atoms with Gasteiger partial charge in [0.2, 0.25) is 0 Å².